The predicted molar refractivity (Wildman–Crippen MR) is 99.7 cm³/mol. The average molecular weight is 365 g/mol. The van der Waals surface area contributed by atoms with Crippen LogP contribution in [-0.2, 0) is 11.2 Å². The van der Waals surface area contributed by atoms with Gasteiger partial charge >= 0.3 is 0 Å². The van der Waals surface area contributed by atoms with E-state index < -0.39 is 4.92 Å². The summed E-state index contributed by atoms with van der Waals surface area (Å²) in [7, 11) is 1.61. The zero-order chi connectivity index (χ0) is 19.1. The molecule has 0 saturated carbocycles. The van der Waals surface area contributed by atoms with Gasteiger partial charge in [-0.05, 0) is 36.1 Å². The number of hydrogen-bond donors (Lipinski definition) is 0. The molecule has 0 N–H and O–H groups in total. The zero-order valence-electron chi connectivity index (χ0n) is 15.1. The zero-order valence-corrected chi connectivity index (χ0v) is 15.1. The molecular formula is C20H19N3O4. The van der Waals surface area contributed by atoms with Crippen molar-refractivity contribution in [2.75, 3.05) is 7.11 Å². The van der Waals surface area contributed by atoms with Crippen molar-refractivity contribution in [1.82, 2.24) is 5.01 Å². The molecule has 1 amide bonds. The number of rotatable bonds is 3. The Morgan fingerprint density at radius 2 is 2.00 bits per heavy atom. The molecule has 1 aliphatic heterocycles. The number of nitro benzene ring substituents is 1. The number of carbonyl (C=O) groups is 1. The van der Waals surface area contributed by atoms with Gasteiger partial charge in [0.25, 0.3) is 5.69 Å². The largest absolute Gasteiger partial charge is 0.497 e. The van der Waals surface area contributed by atoms with Crippen molar-refractivity contribution in [2.45, 2.75) is 25.8 Å². The Balaban J connectivity index is 1.78. The van der Waals surface area contributed by atoms with Crippen LogP contribution in [0.1, 0.15) is 36.1 Å². The van der Waals surface area contributed by atoms with Crippen LogP contribution >= 0.6 is 0 Å². The molecule has 7 nitrogen and oxygen atoms in total. The highest BCUT2D eigenvalue weighted by molar-refractivity contribution is 6.07. The Morgan fingerprint density at radius 1 is 1.26 bits per heavy atom. The molecule has 0 aromatic heterocycles. The van der Waals surface area contributed by atoms with Gasteiger partial charge < -0.3 is 4.74 Å². The quantitative estimate of drug-likeness (QED) is 0.616. The predicted octanol–water partition coefficient (Wildman–Crippen LogP) is 3.47. The Labute approximate surface area is 156 Å². The van der Waals surface area contributed by atoms with Crippen LogP contribution in [0.15, 0.2) is 47.6 Å². The first-order valence-electron chi connectivity index (χ1n) is 8.79. The van der Waals surface area contributed by atoms with Crippen LogP contribution < -0.4 is 4.74 Å². The van der Waals surface area contributed by atoms with Crippen molar-refractivity contribution < 1.29 is 14.5 Å². The number of carbonyl (C=O) groups excluding carboxylic acids is 1. The number of ether oxygens (including phenoxy) is 1. The molecule has 0 fully saturated rings. The summed E-state index contributed by atoms with van der Waals surface area (Å²) in [5.74, 6) is 0.610. The second-order valence-electron chi connectivity index (χ2n) is 6.81. The van der Waals surface area contributed by atoms with Gasteiger partial charge in [-0.2, -0.15) is 5.10 Å². The minimum Gasteiger partial charge on any atom is -0.497 e. The summed E-state index contributed by atoms with van der Waals surface area (Å²) < 4.78 is 5.22. The topological polar surface area (TPSA) is 85.0 Å². The fourth-order valence-electron chi connectivity index (χ4n) is 4.01. The molecule has 0 spiro atoms. The molecule has 2 atom stereocenters. The number of fused-ring (bicyclic) bond motifs is 3. The first-order valence-corrected chi connectivity index (χ1v) is 8.79. The normalized spacial score (nSPS) is 20.5. The smallest absolute Gasteiger partial charge is 0.270 e. The lowest BCUT2D eigenvalue weighted by Gasteiger charge is -2.29. The molecule has 1 aliphatic carbocycles. The van der Waals surface area contributed by atoms with Crippen molar-refractivity contribution in [3.63, 3.8) is 0 Å². The standard InChI is InChI=1S/C20H19N3O4/c1-12(24)22-20(14-4-8-16(27-2)9-5-14)17-10-6-13-3-7-15(23(25)26)11-18(13)19(17)21-22/h3-5,7-9,11,17,20H,6,10H2,1-2H3/t17-,20-/m1/s1. The van der Waals surface area contributed by atoms with Crippen molar-refractivity contribution in [3.05, 3.63) is 69.3 Å². The van der Waals surface area contributed by atoms with Gasteiger partial charge in [0, 0.05) is 30.5 Å². The maximum absolute atomic E-state index is 12.3. The van der Waals surface area contributed by atoms with Gasteiger partial charge in [0.15, 0.2) is 0 Å². The summed E-state index contributed by atoms with van der Waals surface area (Å²) in [4.78, 5) is 23.1. The molecule has 138 valence electrons. The third kappa shape index (κ3) is 2.85. The summed E-state index contributed by atoms with van der Waals surface area (Å²) in [6.07, 6.45) is 1.64. The van der Waals surface area contributed by atoms with Crippen molar-refractivity contribution in [2.24, 2.45) is 11.0 Å². The van der Waals surface area contributed by atoms with E-state index in [0.717, 1.165) is 41.0 Å². The number of methoxy groups -OCH3 is 1. The lowest BCUT2D eigenvalue weighted by Crippen LogP contribution is -2.31. The lowest BCUT2D eigenvalue weighted by molar-refractivity contribution is -0.384. The van der Waals surface area contributed by atoms with Gasteiger partial charge in [-0.3, -0.25) is 14.9 Å². The molecule has 0 unspecified atom stereocenters. The van der Waals surface area contributed by atoms with Crippen molar-refractivity contribution in [1.29, 1.82) is 0 Å². The van der Waals surface area contributed by atoms with Crippen molar-refractivity contribution >= 4 is 17.3 Å². The lowest BCUT2D eigenvalue weighted by atomic mass is 9.77. The number of non-ortho nitro benzene ring substituents is 1. The number of amides is 1. The van der Waals surface area contributed by atoms with Gasteiger partial charge in [-0.15, -0.1) is 0 Å². The molecule has 0 bridgehead atoms. The van der Waals surface area contributed by atoms with E-state index in [4.69, 9.17) is 4.74 Å². The van der Waals surface area contributed by atoms with Crippen LogP contribution in [0.3, 0.4) is 0 Å². The van der Waals surface area contributed by atoms with Crippen LogP contribution in [0.2, 0.25) is 0 Å². The summed E-state index contributed by atoms with van der Waals surface area (Å²) in [6.45, 7) is 1.49. The average Bonchev–Trinajstić information content (AvgIpc) is 3.08. The SMILES string of the molecule is COc1ccc([C@@H]2[C@@H]3CCc4ccc([N+](=O)[O-])cc4C3=NN2C(C)=O)cc1. The van der Waals surface area contributed by atoms with E-state index in [-0.39, 0.29) is 23.6 Å². The molecule has 2 aromatic rings. The summed E-state index contributed by atoms with van der Waals surface area (Å²) in [6, 6.07) is 12.3. The van der Waals surface area contributed by atoms with Crippen molar-refractivity contribution in [3.8, 4) is 5.75 Å². The van der Waals surface area contributed by atoms with E-state index in [1.54, 1.807) is 19.2 Å². The summed E-state index contributed by atoms with van der Waals surface area (Å²) >= 11 is 0. The van der Waals surface area contributed by atoms with Crippen LogP contribution in [0.5, 0.6) is 5.75 Å². The van der Waals surface area contributed by atoms with E-state index >= 15 is 0 Å². The van der Waals surface area contributed by atoms with Crippen LogP contribution in [0, 0.1) is 16.0 Å². The molecule has 27 heavy (non-hydrogen) atoms. The minimum absolute atomic E-state index is 0.0109. The molecule has 0 radical (unpaired) electrons. The van der Waals surface area contributed by atoms with E-state index in [1.807, 2.05) is 24.3 Å². The molecule has 2 aliphatic rings. The van der Waals surface area contributed by atoms with Crippen LogP contribution in [-0.4, -0.2) is 28.7 Å². The Kier molecular flexibility index (Phi) is 4.14. The molecule has 4 rings (SSSR count). The van der Waals surface area contributed by atoms with Crippen LogP contribution in [0.4, 0.5) is 5.69 Å². The fraction of sp³-hybridized carbons (Fsp3) is 0.300. The second kappa shape index (κ2) is 6.50. The van der Waals surface area contributed by atoms with Gasteiger partial charge in [0.1, 0.15) is 5.75 Å². The third-order valence-electron chi connectivity index (χ3n) is 5.30. The van der Waals surface area contributed by atoms with Gasteiger partial charge in [-0.1, -0.05) is 18.2 Å². The second-order valence-corrected chi connectivity index (χ2v) is 6.81. The first kappa shape index (κ1) is 17.2. The monoisotopic (exact) mass is 365 g/mol. The highest BCUT2D eigenvalue weighted by Gasteiger charge is 2.43. The Hall–Kier alpha value is -3.22. The van der Waals surface area contributed by atoms with Gasteiger partial charge in [-0.25, -0.2) is 5.01 Å². The van der Waals surface area contributed by atoms with E-state index in [1.165, 1.54) is 18.0 Å². The highest BCUT2D eigenvalue weighted by atomic mass is 16.6. The number of aryl methyl sites for hydroxylation is 1. The maximum atomic E-state index is 12.3. The van der Waals surface area contributed by atoms with E-state index in [2.05, 4.69) is 5.10 Å². The molecule has 1 heterocycles. The number of hydrogen-bond acceptors (Lipinski definition) is 5. The number of benzene rings is 2. The molecule has 0 saturated heterocycles. The molecular weight excluding hydrogens is 346 g/mol. The Morgan fingerprint density at radius 3 is 2.63 bits per heavy atom. The number of nitro groups is 1. The summed E-state index contributed by atoms with van der Waals surface area (Å²) in [5, 5.41) is 17.3. The first-order chi connectivity index (χ1) is 13.0. The minimum atomic E-state index is -0.400. The third-order valence-corrected chi connectivity index (χ3v) is 5.30. The molecule has 2 aromatic carbocycles. The summed E-state index contributed by atoms with van der Waals surface area (Å²) in [5.41, 5.74) is 3.59. The molecule has 7 heteroatoms. The fourth-order valence-corrected chi connectivity index (χ4v) is 4.01. The van der Waals surface area contributed by atoms with Gasteiger partial charge in [0.2, 0.25) is 5.91 Å². The number of hydrazone groups is 1. The van der Waals surface area contributed by atoms with E-state index in [9.17, 15) is 14.9 Å². The van der Waals surface area contributed by atoms with E-state index in [0.29, 0.717) is 0 Å². The Bertz CT molecular complexity index is 952. The maximum Gasteiger partial charge on any atom is 0.270 e. The highest BCUT2D eigenvalue weighted by Crippen LogP contribution is 2.44. The number of nitrogens with zero attached hydrogens (tertiary/aromatic N) is 3. The van der Waals surface area contributed by atoms with Gasteiger partial charge in [0.05, 0.1) is 23.8 Å². The van der Waals surface area contributed by atoms with Crippen LogP contribution in [0.25, 0.3) is 0 Å².